The zero-order chi connectivity index (χ0) is 19.0. The molecule has 0 saturated carbocycles. The van der Waals surface area contributed by atoms with Crippen molar-refractivity contribution in [2.24, 2.45) is 0 Å². The summed E-state index contributed by atoms with van der Waals surface area (Å²) >= 11 is 3.52. The molecule has 6 nitrogen and oxygen atoms in total. The van der Waals surface area contributed by atoms with Crippen LogP contribution in [-0.2, 0) is 12.2 Å². The Hall–Kier alpha value is -2.58. The predicted octanol–water partition coefficient (Wildman–Crippen LogP) is 4.80. The molecule has 27 heavy (non-hydrogen) atoms. The number of thiophene rings is 1. The lowest BCUT2D eigenvalue weighted by Crippen LogP contribution is -2.17. The quantitative estimate of drug-likeness (QED) is 0.505. The number of nitro groups is 1. The van der Waals surface area contributed by atoms with Crippen molar-refractivity contribution in [1.29, 1.82) is 0 Å². The van der Waals surface area contributed by atoms with E-state index in [1.807, 2.05) is 40.9 Å². The smallest absolute Gasteiger partial charge is 0.274 e. The van der Waals surface area contributed by atoms with Crippen LogP contribution in [0.1, 0.15) is 26.4 Å². The number of hydrogen-bond donors (Lipinski definition) is 1. The maximum atomic E-state index is 13.2. The second kappa shape index (κ2) is 7.21. The molecule has 0 unspecified atom stereocenters. The van der Waals surface area contributed by atoms with Crippen molar-refractivity contribution in [2.45, 2.75) is 19.1 Å². The average molecular weight is 399 g/mol. The third-order valence-electron chi connectivity index (χ3n) is 4.62. The molecule has 4 rings (SSSR count). The van der Waals surface area contributed by atoms with Crippen LogP contribution in [0, 0.1) is 17.0 Å². The number of benzene rings is 1. The molecule has 1 aromatic carbocycles. The van der Waals surface area contributed by atoms with Crippen LogP contribution in [0.2, 0.25) is 0 Å². The summed E-state index contributed by atoms with van der Waals surface area (Å²) in [5, 5.41) is 15.0. The number of carbonyl (C=O) groups is 1. The van der Waals surface area contributed by atoms with Crippen LogP contribution in [0.25, 0.3) is 5.00 Å². The minimum absolute atomic E-state index is 0.00202. The minimum atomic E-state index is -0.431. The number of nitrogens with one attached hydrogen (secondary N) is 1. The van der Waals surface area contributed by atoms with E-state index in [1.165, 1.54) is 10.9 Å². The van der Waals surface area contributed by atoms with Crippen molar-refractivity contribution < 1.29 is 9.72 Å². The van der Waals surface area contributed by atoms with Crippen molar-refractivity contribution >= 4 is 40.4 Å². The summed E-state index contributed by atoms with van der Waals surface area (Å²) in [7, 11) is 0. The van der Waals surface area contributed by atoms with Crippen molar-refractivity contribution in [1.82, 2.24) is 4.57 Å². The number of fused-ring (bicyclic) bond motifs is 1. The van der Waals surface area contributed by atoms with Gasteiger partial charge in [-0.05, 0) is 42.9 Å². The molecule has 0 bridgehead atoms. The van der Waals surface area contributed by atoms with E-state index in [4.69, 9.17) is 0 Å². The minimum Gasteiger partial charge on any atom is -0.321 e. The lowest BCUT2D eigenvalue weighted by molar-refractivity contribution is -0.385. The molecular weight excluding hydrogens is 382 g/mol. The van der Waals surface area contributed by atoms with Crippen LogP contribution in [0.15, 0.2) is 42.7 Å². The van der Waals surface area contributed by atoms with Crippen molar-refractivity contribution in [2.75, 3.05) is 11.1 Å². The lowest BCUT2D eigenvalue weighted by Gasteiger charge is -2.14. The molecule has 3 heterocycles. The van der Waals surface area contributed by atoms with Crippen LogP contribution in [0.3, 0.4) is 0 Å². The van der Waals surface area contributed by atoms with E-state index in [0.717, 1.165) is 28.5 Å². The van der Waals surface area contributed by atoms with Gasteiger partial charge in [0.15, 0.2) is 0 Å². The van der Waals surface area contributed by atoms with E-state index in [9.17, 15) is 14.9 Å². The molecule has 8 heteroatoms. The first kappa shape index (κ1) is 17.8. The van der Waals surface area contributed by atoms with E-state index in [1.54, 1.807) is 30.4 Å². The number of thioether (sulfide) groups is 1. The Labute approximate surface area is 164 Å². The topological polar surface area (TPSA) is 77.2 Å². The molecule has 0 spiro atoms. The van der Waals surface area contributed by atoms with Gasteiger partial charge < -0.3 is 9.88 Å². The molecular formula is C19H17N3O3S2. The van der Waals surface area contributed by atoms with Crippen LogP contribution in [0.4, 0.5) is 11.4 Å². The third-order valence-corrected chi connectivity index (χ3v) is 7.03. The molecule has 1 amide bonds. The number of aromatic nitrogens is 1. The zero-order valence-electron chi connectivity index (χ0n) is 14.6. The first-order valence-corrected chi connectivity index (χ1v) is 10.4. The summed E-state index contributed by atoms with van der Waals surface area (Å²) in [5.41, 5.74) is 2.71. The third kappa shape index (κ3) is 3.26. The van der Waals surface area contributed by atoms with E-state index < -0.39 is 4.92 Å². The summed E-state index contributed by atoms with van der Waals surface area (Å²) < 4.78 is 1.96. The second-order valence-corrected chi connectivity index (χ2v) is 8.43. The van der Waals surface area contributed by atoms with Gasteiger partial charge in [-0.15, -0.1) is 11.3 Å². The van der Waals surface area contributed by atoms with Crippen LogP contribution in [0.5, 0.6) is 0 Å². The highest BCUT2D eigenvalue weighted by Crippen LogP contribution is 2.39. The summed E-state index contributed by atoms with van der Waals surface area (Å²) in [5.74, 6) is 1.69. The van der Waals surface area contributed by atoms with Crippen molar-refractivity contribution in [3.63, 3.8) is 0 Å². The molecule has 0 atom stereocenters. The molecule has 2 aromatic heterocycles. The van der Waals surface area contributed by atoms with Crippen molar-refractivity contribution in [3.05, 3.63) is 74.4 Å². The summed E-state index contributed by atoms with van der Waals surface area (Å²) in [4.78, 5) is 25.2. The number of amides is 1. The molecule has 1 N–H and O–H groups in total. The zero-order valence-corrected chi connectivity index (χ0v) is 16.2. The van der Waals surface area contributed by atoms with E-state index in [-0.39, 0.29) is 11.6 Å². The molecule has 0 saturated heterocycles. The van der Waals surface area contributed by atoms with E-state index in [2.05, 4.69) is 5.32 Å². The average Bonchev–Trinajstić information content (AvgIpc) is 3.30. The highest BCUT2D eigenvalue weighted by Gasteiger charge is 2.27. The number of nitro benzene ring substituents is 1. The Morgan fingerprint density at radius 3 is 2.78 bits per heavy atom. The maximum Gasteiger partial charge on any atom is 0.274 e. The normalized spacial score (nSPS) is 13.2. The molecule has 0 radical (unpaired) electrons. The Morgan fingerprint density at radius 2 is 2.04 bits per heavy atom. The molecule has 1 aliphatic rings. The molecule has 0 aliphatic carbocycles. The fourth-order valence-corrected chi connectivity index (χ4v) is 5.69. The summed E-state index contributed by atoms with van der Waals surface area (Å²) in [6.07, 6.45) is 4.72. The van der Waals surface area contributed by atoms with Gasteiger partial charge in [0.2, 0.25) is 0 Å². The number of nitrogens with zero attached hydrogens (tertiary/aromatic N) is 2. The Balaban J connectivity index is 1.75. The van der Waals surface area contributed by atoms with E-state index >= 15 is 0 Å². The fraction of sp³-hybridized carbons (Fsp3) is 0.211. The summed E-state index contributed by atoms with van der Waals surface area (Å²) in [6.45, 7) is 1.65. The van der Waals surface area contributed by atoms with Gasteiger partial charge in [-0.2, -0.15) is 11.8 Å². The van der Waals surface area contributed by atoms with Gasteiger partial charge in [0, 0.05) is 29.1 Å². The largest absolute Gasteiger partial charge is 0.321 e. The number of hydrogen-bond acceptors (Lipinski definition) is 5. The Bertz CT molecular complexity index is 1030. The number of rotatable bonds is 4. The Morgan fingerprint density at radius 1 is 1.26 bits per heavy atom. The Kier molecular flexibility index (Phi) is 4.75. The summed E-state index contributed by atoms with van der Waals surface area (Å²) in [6, 6.07) is 8.59. The van der Waals surface area contributed by atoms with Crippen LogP contribution < -0.4 is 5.32 Å². The number of carbonyl (C=O) groups excluding carboxylic acids is 1. The lowest BCUT2D eigenvalue weighted by atomic mass is 10.1. The SMILES string of the molecule is Cc1c(NC(=O)c2c(-n3cccc3)sc3c2CCSC3)cccc1[N+](=O)[O-]. The molecule has 1 aliphatic heterocycles. The van der Waals surface area contributed by atoms with Crippen molar-refractivity contribution in [3.8, 4) is 5.00 Å². The van der Waals surface area contributed by atoms with Gasteiger partial charge in [0.25, 0.3) is 11.6 Å². The highest BCUT2D eigenvalue weighted by molar-refractivity contribution is 7.98. The highest BCUT2D eigenvalue weighted by atomic mass is 32.2. The standard InChI is InChI=1S/C19H17N3O3S2/c1-12-14(5-4-6-15(12)22(24)25)20-18(23)17-13-7-10-26-11-16(13)27-19(17)21-8-2-3-9-21/h2-6,8-9H,7,10-11H2,1H3,(H,20,23). The fourth-order valence-electron chi connectivity index (χ4n) is 3.25. The van der Waals surface area contributed by atoms with Gasteiger partial charge in [0.05, 0.1) is 21.7 Å². The molecule has 138 valence electrons. The molecule has 0 fully saturated rings. The first-order valence-electron chi connectivity index (χ1n) is 8.47. The van der Waals surface area contributed by atoms with Gasteiger partial charge in [-0.3, -0.25) is 14.9 Å². The van der Waals surface area contributed by atoms with Gasteiger partial charge in [0.1, 0.15) is 5.00 Å². The maximum absolute atomic E-state index is 13.2. The van der Waals surface area contributed by atoms with Gasteiger partial charge in [-0.1, -0.05) is 6.07 Å². The second-order valence-electron chi connectivity index (χ2n) is 6.24. The van der Waals surface area contributed by atoms with Gasteiger partial charge in [-0.25, -0.2) is 0 Å². The van der Waals surface area contributed by atoms with Crippen LogP contribution in [-0.4, -0.2) is 21.2 Å². The predicted molar refractivity (Wildman–Crippen MR) is 109 cm³/mol. The van der Waals surface area contributed by atoms with Gasteiger partial charge >= 0.3 is 0 Å². The monoisotopic (exact) mass is 399 g/mol. The number of anilines is 1. The van der Waals surface area contributed by atoms with E-state index in [0.29, 0.717) is 16.8 Å². The van der Waals surface area contributed by atoms with Crippen LogP contribution >= 0.6 is 23.1 Å². The molecule has 3 aromatic rings. The first-order chi connectivity index (χ1) is 13.1.